The zero-order chi connectivity index (χ0) is 13.0. The lowest BCUT2D eigenvalue weighted by Crippen LogP contribution is -2.13. The van der Waals surface area contributed by atoms with Crippen LogP contribution in [0.4, 0.5) is 5.13 Å². The van der Waals surface area contributed by atoms with Crippen molar-refractivity contribution in [3.05, 3.63) is 40.9 Å². The number of thiazole rings is 1. The van der Waals surface area contributed by atoms with E-state index in [-0.39, 0.29) is 5.91 Å². The number of nitrogens with zero attached hydrogens (tertiary/aromatic N) is 1. The van der Waals surface area contributed by atoms with Gasteiger partial charge in [-0.3, -0.25) is 10.1 Å². The van der Waals surface area contributed by atoms with Crippen molar-refractivity contribution in [3.8, 4) is 5.75 Å². The SMILES string of the molecule is CCOc1ccccc1C(=O)Nc1nc(C)cs1. The highest BCUT2D eigenvalue weighted by atomic mass is 32.1. The van der Waals surface area contributed by atoms with Crippen molar-refractivity contribution >= 4 is 22.4 Å². The highest BCUT2D eigenvalue weighted by Gasteiger charge is 2.13. The lowest BCUT2D eigenvalue weighted by atomic mass is 10.2. The first-order valence-corrected chi connectivity index (χ1v) is 6.54. The Morgan fingerprint density at radius 3 is 2.89 bits per heavy atom. The summed E-state index contributed by atoms with van der Waals surface area (Å²) in [6.45, 7) is 4.31. The van der Waals surface area contributed by atoms with Crippen molar-refractivity contribution in [2.24, 2.45) is 0 Å². The van der Waals surface area contributed by atoms with Crippen LogP contribution in [0.25, 0.3) is 0 Å². The van der Waals surface area contributed by atoms with Gasteiger partial charge in [0.1, 0.15) is 5.75 Å². The molecule has 94 valence electrons. The molecule has 1 aromatic carbocycles. The van der Waals surface area contributed by atoms with Crippen LogP contribution in [0.5, 0.6) is 5.75 Å². The van der Waals surface area contributed by atoms with Gasteiger partial charge in [-0.1, -0.05) is 12.1 Å². The van der Waals surface area contributed by atoms with E-state index < -0.39 is 0 Å². The first-order chi connectivity index (χ1) is 8.70. The Bertz CT molecular complexity index is 551. The first-order valence-electron chi connectivity index (χ1n) is 5.66. The van der Waals surface area contributed by atoms with Gasteiger partial charge >= 0.3 is 0 Å². The van der Waals surface area contributed by atoms with Crippen LogP contribution < -0.4 is 10.1 Å². The maximum Gasteiger partial charge on any atom is 0.261 e. The summed E-state index contributed by atoms with van der Waals surface area (Å²) in [7, 11) is 0. The summed E-state index contributed by atoms with van der Waals surface area (Å²) in [5.41, 5.74) is 1.42. The Balaban J connectivity index is 2.18. The third-order valence-corrected chi connectivity index (χ3v) is 3.15. The quantitative estimate of drug-likeness (QED) is 0.921. The van der Waals surface area contributed by atoms with Gasteiger partial charge in [0, 0.05) is 5.38 Å². The van der Waals surface area contributed by atoms with E-state index in [0.29, 0.717) is 23.1 Å². The van der Waals surface area contributed by atoms with Crippen molar-refractivity contribution < 1.29 is 9.53 Å². The number of anilines is 1. The highest BCUT2D eigenvalue weighted by Crippen LogP contribution is 2.21. The van der Waals surface area contributed by atoms with E-state index in [1.54, 1.807) is 12.1 Å². The lowest BCUT2D eigenvalue weighted by Gasteiger charge is -2.08. The molecule has 0 saturated heterocycles. The molecule has 18 heavy (non-hydrogen) atoms. The van der Waals surface area contributed by atoms with E-state index in [1.807, 2.05) is 31.4 Å². The van der Waals surface area contributed by atoms with Gasteiger partial charge in [0.05, 0.1) is 17.9 Å². The Labute approximate surface area is 110 Å². The minimum Gasteiger partial charge on any atom is -0.493 e. The van der Waals surface area contributed by atoms with Gasteiger partial charge in [0.15, 0.2) is 5.13 Å². The standard InChI is InChI=1S/C13H14N2O2S/c1-3-17-11-7-5-4-6-10(11)12(16)15-13-14-9(2)8-18-13/h4-8H,3H2,1-2H3,(H,14,15,16). The van der Waals surface area contributed by atoms with Crippen LogP contribution in [-0.2, 0) is 0 Å². The summed E-state index contributed by atoms with van der Waals surface area (Å²) in [5, 5.41) is 5.26. The molecule has 0 atom stereocenters. The number of carbonyl (C=O) groups is 1. The van der Waals surface area contributed by atoms with Crippen LogP contribution >= 0.6 is 11.3 Å². The summed E-state index contributed by atoms with van der Waals surface area (Å²) in [6.07, 6.45) is 0. The molecule has 1 N–H and O–H groups in total. The van der Waals surface area contributed by atoms with E-state index in [9.17, 15) is 4.79 Å². The second kappa shape index (κ2) is 5.64. The topological polar surface area (TPSA) is 51.2 Å². The number of hydrogen-bond acceptors (Lipinski definition) is 4. The molecule has 0 aliphatic rings. The van der Waals surface area contributed by atoms with E-state index in [1.165, 1.54) is 11.3 Å². The third kappa shape index (κ3) is 2.87. The average Bonchev–Trinajstić information content (AvgIpc) is 2.76. The number of ether oxygens (including phenoxy) is 1. The average molecular weight is 262 g/mol. The van der Waals surface area contributed by atoms with Crippen molar-refractivity contribution in [2.75, 3.05) is 11.9 Å². The number of amides is 1. The molecule has 0 aliphatic carbocycles. The van der Waals surface area contributed by atoms with Gasteiger partial charge in [-0.25, -0.2) is 4.98 Å². The Hall–Kier alpha value is -1.88. The molecule has 0 spiro atoms. The van der Waals surface area contributed by atoms with Gasteiger partial charge in [-0.05, 0) is 26.0 Å². The number of rotatable bonds is 4. The maximum atomic E-state index is 12.1. The second-order valence-corrected chi connectivity index (χ2v) is 4.54. The fourth-order valence-electron chi connectivity index (χ4n) is 1.51. The van der Waals surface area contributed by atoms with Crippen LogP contribution in [0.15, 0.2) is 29.6 Å². The molecular formula is C13H14N2O2S. The van der Waals surface area contributed by atoms with Crippen molar-refractivity contribution in [1.82, 2.24) is 4.98 Å². The fraction of sp³-hybridized carbons (Fsp3) is 0.231. The first kappa shape index (κ1) is 12.6. The van der Waals surface area contributed by atoms with Gasteiger partial charge in [-0.2, -0.15) is 0 Å². The maximum absolute atomic E-state index is 12.1. The molecule has 0 bridgehead atoms. The molecule has 0 aliphatic heterocycles. The normalized spacial score (nSPS) is 10.1. The molecule has 0 unspecified atom stereocenters. The fourth-order valence-corrected chi connectivity index (χ4v) is 2.19. The van der Waals surface area contributed by atoms with Crippen LogP contribution in [0.1, 0.15) is 23.0 Å². The molecule has 4 nitrogen and oxygen atoms in total. The largest absolute Gasteiger partial charge is 0.493 e. The number of nitrogens with one attached hydrogen (secondary N) is 1. The lowest BCUT2D eigenvalue weighted by molar-refractivity contribution is 0.102. The second-order valence-electron chi connectivity index (χ2n) is 3.68. The smallest absolute Gasteiger partial charge is 0.261 e. The van der Waals surface area contributed by atoms with E-state index in [0.717, 1.165) is 5.69 Å². The molecule has 1 amide bonds. The predicted molar refractivity (Wildman–Crippen MR) is 72.4 cm³/mol. The van der Waals surface area contributed by atoms with Crippen molar-refractivity contribution in [1.29, 1.82) is 0 Å². The highest BCUT2D eigenvalue weighted by molar-refractivity contribution is 7.13. The molecule has 0 saturated carbocycles. The minimum absolute atomic E-state index is 0.201. The molecular weight excluding hydrogens is 248 g/mol. The van der Waals surface area contributed by atoms with Crippen LogP contribution in [0, 0.1) is 6.92 Å². The molecule has 0 fully saturated rings. The number of carbonyl (C=O) groups excluding carboxylic acids is 1. The number of benzene rings is 1. The predicted octanol–water partition coefficient (Wildman–Crippen LogP) is 3.10. The van der Waals surface area contributed by atoms with Crippen LogP contribution in [0.3, 0.4) is 0 Å². The Morgan fingerprint density at radius 1 is 1.44 bits per heavy atom. The van der Waals surface area contributed by atoms with Gasteiger partial charge in [-0.15, -0.1) is 11.3 Å². The van der Waals surface area contributed by atoms with E-state index in [2.05, 4.69) is 10.3 Å². The van der Waals surface area contributed by atoms with Crippen LogP contribution in [0.2, 0.25) is 0 Å². The molecule has 2 aromatic rings. The monoisotopic (exact) mass is 262 g/mol. The van der Waals surface area contributed by atoms with E-state index in [4.69, 9.17) is 4.74 Å². The summed E-state index contributed by atoms with van der Waals surface area (Å²) in [4.78, 5) is 16.3. The number of hydrogen-bond donors (Lipinski definition) is 1. The summed E-state index contributed by atoms with van der Waals surface area (Å²) >= 11 is 1.41. The van der Waals surface area contributed by atoms with E-state index >= 15 is 0 Å². The van der Waals surface area contributed by atoms with Crippen molar-refractivity contribution in [2.45, 2.75) is 13.8 Å². The number of para-hydroxylation sites is 1. The summed E-state index contributed by atoms with van der Waals surface area (Å²) in [5.74, 6) is 0.388. The zero-order valence-corrected chi connectivity index (χ0v) is 11.1. The molecule has 2 rings (SSSR count). The number of aryl methyl sites for hydroxylation is 1. The molecule has 1 aromatic heterocycles. The summed E-state index contributed by atoms with van der Waals surface area (Å²) < 4.78 is 5.42. The third-order valence-electron chi connectivity index (χ3n) is 2.27. The van der Waals surface area contributed by atoms with Crippen LogP contribution in [-0.4, -0.2) is 17.5 Å². The zero-order valence-electron chi connectivity index (χ0n) is 10.3. The Kier molecular flexibility index (Phi) is 3.94. The van der Waals surface area contributed by atoms with Crippen molar-refractivity contribution in [3.63, 3.8) is 0 Å². The number of aromatic nitrogens is 1. The molecule has 5 heteroatoms. The summed E-state index contributed by atoms with van der Waals surface area (Å²) in [6, 6.07) is 7.17. The molecule has 1 heterocycles. The molecule has 0 radical (unpaired) electrons. The Morgan fingerprint density at radius 2 is 2.22 bits per heavy atom. The van der Waals surface area contributed by atoms with Gasteiger partial charge in [0.25, 0.3) is 5.91 Å². The van der Waals surface area contributed by atoms with Gasteiger partial charge in [0.2, 0.25) is 0 Å². The van der Waals surface area contributed by atoms with Gasteiger partial charge < -0.3 is 4.74 Å². The minimum atomic E-state index is -0.201.